The zero-order valence-corrected chi connectivity index (χ0v) is 18.8. The first-order chi connectivity index (χ1) is 14.8. The molecule has 0 fully saturated rings. The van der Waals surface area contributed by atoms with Gasteiger partial charge in [0.1, 0.15) is 11.5 Å². The summed E-state index contributed by atoms with van der Waals surface area (Å²) < 4.78 is 5.92. The number of benzene rings is 2. The van der Waals surface area contributed by atoms with Crippen LogP contribution in [0, 0.1) is 0 Å². The van der Waals surface area contributed by atoms with Gasteiger partial charge in [-0.3, -0.25) is 9.59 Å². The molecule has 1 aliphatic rings. The van der Waals surface area contributed by atoms with Crippen molar-refractivity contribution in [2.75, 3.05) is 20.6 Å². The Kier molecular flexibility index (Phi) is 6.19. The summed E-state index contributed by atoms with van der Waals surface area (Å²) in [5, 5.41) is 0.772. The van der Waals surface area contributed by atoms with Crippen molar-refractivity contribution in [2.45, 2.75) is 19.5 Å². The molecule has 3 aromatic rings. The highest BCUT2D eigenvalue weighted by atomic mass is 35.5. The Morgan fingerprint density at radius 2 is 1.74 bits per heavy atom. The smallest absolute Gasteiger partial charge is 0.254 e. The Balaban J connectivity index is 1.47. The Morgan fingerprint density at radius 3 is 2.42 bits per heavy atom. The molecule has 4 rings (SSSR count). The highest BCUT2D eigenvalue weighted by Gasteiger charge is 2.25. The molecule has 0 aliphatic carbocycles. The second-order valence-electron chi connectivity index (χ2n) is 7.91. The van der Waals surface area contributed by atoms with Crippen LogP contribution in [-0.4, -0.2) is 42.1 Å². The molecule has 1 amide bonds. The molecule has 5 nitrogen and oxygen atoms in total. The Labute approximate surface area is 191 Å². The quantitative estimate of drug-likeness (QED) is 0.502. The summed E-state index contributed by atoms with van der Waals surface area (Å²) in [6.07, 6.45) is 0.695. The average Bonchev–Trinajstić information content (AvgIpc) is 3.13. The number of hydrogen-bond acceptors (Lipinski definition) is 4. The molecular weight excluding hydrogens is 435 g/mol. The first-order valence-electron chi connectivity index (χ1n) is 9.96. The number of carbonyl (C=O) groups excluding carboxylic acids is 2. The average molecular weight is 457 g/mol. The predicted molar refractivity (Wildman–Crippen MR) is 121 cm³/mol. The Morgan fingerprint density at radius 1 is 1.03 bits per heavy atom. The molecule has 0 spiro atoms. The molecule has 0 N–H and O–H groups in total. The maximum Gasteiger partial charge on any atom is 0.254 e. The van der Waals surface area contributed by atoms with E-state index in [1.54, 1.807) is 42.5 Å². The normalized spacial score (nSPS) is 13.4. The largest absolute Gasteiger partial charge is 0.464 e. The van der Waals surface area contributed by atoms with Gasteiger partial charge in [0.2, 0.25) is 0 Å². The van der Waals surface area contributed by atoms with Crippen LogP contribution in [0.15, 0.2) is 52.9 Å². The third-order valence-corrected chi connectivity index (χ3v) is 5.79. The van der Waals surface area contributed by atoms with Gasteiger partial charge in [-0.05, 0) is 50.5 Å². The van der Waals surface area contributed by atoms with Gasteiger partial charge in [-0.15, -0.1) is 0 Å². The van der Waals surface area contributed by atoms with Gasteiger partial charge < -0.3 is 14.2 Å². The maximum atomic E-state index is 13.0. The highest BCUT2D eigenvalue weighted by molar-refractivity contribution is 6.37. The number of fused-ring (bicyclic) bond motifs is 1. The van der Waals surface area contributed by atoms with E-state index in [0.29, 0.717) is 46.2 Å². The minimum absolute atomic E-state index is 0.0652. The summed E-state index contributed by atoms with van der Waals surface area (Å²) in [5.74, 6) is 1.59. The fourth-order valence-electron chi connectivity index (χ4n) is 3.73. The van der Waals surface area contributed by atoms with Crippen molar-refractivity contribution < 1.29 is 14.0 Å². The monoisotopic (exact) mass is 456 g/mol. The van der Waals surface area contributed by atoms with E-state index in [1.807, 2.05) is 30.0 Å². The predicted octanol–water partition coefficient (Wildman–Crippen LogP) is 5.08. The fourth-order valence-corrected chi connectivity index (χ4v) is 4.23. The third-order valence-electron chi connectivity index (χ3n) is 5.25. The second kappa shape index (κ2) is 8.87. The zero-order valence-electron chi connectivity index (χ0n) is 17.3. The van der Waals surface area contributed by atoms with Gasteiger partial charge >= 0.3 is 0 Å². The number of hydrogen-bond donors (Lipinski definition) is 0. The van der Waals surface area contributed by atoms with E-state index in [1.165, 1.54) is 0 Å². The molecule has 0 atom stereocenters. The van der Waals surface area contributed by atoms with Gasteiger partial charge in [-0.1, -0.05) is 35.3 Å². The van der Waals surface area contributed by atoms with E-state index in [9.17, 15) is 9.59 Å². The molecular formula is C24H22Cl2N2O3. The van der Waals surface area contributed by atoms with E-state index < -0.39 is 0 Å². The van der Waals surface area contributed by atoms with Gasteiger partial charge in [-0.2, -0.15) is 0 Å². The minimum atomic E-state index is -0.213. The number of carbonyl (C=O) groups is 2. The van der Waals surface area contributed by atoms with Crippen molar-refractivity contribution in [3.8, 4) is 0 Å². The maximum absolute atomic E-state index is 13.0. The molecule has 7 heteroatoms. The molecule has 1 aromatic heterocycles. The van der Waals surface area contributed by atoms with E-state index in [4.69, 9.17) is 27.6 Å². The summed E-state index contributed by atoms with van der Waals surface area (Å²) in [4.78, 5) is 29.6. The lowest BCUT2D eigenvalue weighted by atomic mass is 10.0. The summed E-state index contributed by atoms with van der Waals surface area (Å²) in [7, 11) is 3.99. The molecule has 0 unspecified atom stereocenters. The van der Waals surface area contributed by atoms with Crippen molar-refractivity contribution in [1.82, 2.24) is 9.80 Å². The van der Waals surface area contributed by atoms with Crippen molar-refractivity contribution in [3.63, 3.8) is 0 Å². The van der Waals surface area contributed by atoms with Crippen LogP contribution in [0.25, 0.3) is 0 Å². The minimum Gasteiger partial charge on any atom is -0.464 e. The molecule has 2 aromatic carbocycles. The molecule has 2 heterocycles. The van der Waals surface area contributed by atoms with Crippen molar-refractivity contribution in [2.24, 2.45) is 0 Å². The van der Waals surface area contributed by atoms with Crippen LogP contribution >= 0.6 is 23.2 Å². The highest BCUT2D eigenvalue weighted by Crippen LogP contribution is 2.26. The molecule has 0 saturated carbocycles. The summed E-state index contributed by atoms with van der Waals surface area (Å²) >= 11 is 12.1. The first kappa shape index (κ1) is 21.6. The first-order valence-corrected chi connectivity index (χ1v) is 10.7. The number of halogens is 2. The van der Waals surface area contributed by atoms with Crippen molar-refractivity contribution in [3.05, 3.63) is 92.4 Å². The van der Waals surface area contributed by atoms with Crippen LogP contribution in [0.1, 0.15) is 43.4 Å². The second-order valence-corrected chi connectivity index (χ2v) is 8.75. The van der Waals surface area contributed by atoms with Gasteiger partial charge in [0.25, 0.3) is 5.91 Å². The summed E-state index contributed by atoms with van der Waals surface area (Å²) in [6, 6.07) is 13.5. The number of amides is 1. The lowest BCUT2D eigenvalue weighted by molar-refractivity contribution is 0.0729. The van der Waals surface area contributed by atoms with E-state index in [2.05, 4.69) is 0 Å². The third kappa shape index (κ3) is 4.69. The number of rotatable bonds is 5. The van der Waals surface area contributed by atoms with Crippen LogP contribution < -0.4 is 0 Å². The topological polar surface area (TPSA) is 53.8 Å². The number of furan rings is 1. The van der Waals surface area contributed by atoms with Crippen LogP contribution in [0.5, 0.6) is 0 Å². The van der Waals surface area contributed by atoms with E-state index >= 15 is 0 Å². The SMILES string of the molecule is CN(C)Cc1cc2c(o1)CCN(C(=O)c1ccc(C(=O)c3ccc(Cl)cc3Cl)cc1)C2. The zero-order chi connectivity index (χ0) is 22.1. The van der Waals surface area contributed by atoms with Crippen molar-refractivity contribution >= 4 is 34.9 Å². The van der Waals surface area contributed by atoms with Gasteiger partial charge in [0, 0.05) is 46.8 Å². The Bertz CT molecular complexity index is 1140. The standard InChI is InChI=1S/C24H22Cl2N2O3/c1-27(2)14-19-11-17-13-28(10-9-22(17)31-19)24(30)16-5-3-15(4-6-16)23(29)20-8-7-18(25)12-21(20)26/h3-8,11-12H,9-10,13-14H2,1-2H3. The van der Waals surface area contributed by atoms with Gasteiger partial charge in [0.05, 0.1) is 11.6 Å². The molecule has 1 aliphatic heterocycles. The van der Waals surface area contributed by atoms with E-state index in [-0.39, 0.29) is 11.7 Å². The molecule has 0 radical (unpaired) electrons. The molecule has 31 heavy (non-hydrogen) atoms. The number of ketones is 1. The summed E-state index contributed by atoms with van der Waals surface area (Å²) in [6.45, 7) is 1.85. The lowest BCUT2D eigenvalue weighted by Gasteiger charge is -2.26. The molecule has 0 bridgehead atoms. The summed E-state index contributed by atoms with van der Waals surface area (Å²) in [5.41, 5.74) is 2.44. The van der Waals surface area contributed by atoms with Crippen LogP contribution in [0.4, 0.5) is 0 Å². The van der Waals surface area contributed by atoms with Crippen LogP contribution in [0.2, 0.25) is 10.0 Å². The Hall–Kier alpha value is -2.60. The van der Waals surface area contributed by atoms with Crippen molar-refractivity contribution in [1.29, 1.82) is 0 Å². The van der Waals surface area contributed by atoms with Gasteiger partial charge in [0.15, 0.2) is 5.78 Å². The fraction of sp³-hybridized carbons (Fsp3) is 0.250. The van der Waals surface area contributed by atoms with E-state index in [0.717, 1.165) is 23.6 Å². The molecule has 0 saturated heterocycles. The van der Waals surface area contributed by atoms with Gasteiger partial charge in [-0.25, -0.2) is 0 Å². The number of nitrogens with zero attached hydrogens (tertiary/aromatic N) is 2. The lowest BCUT2D eigenvalue weighted by Crippen LogP contribution is -2.35. The molecule has 160 valence electrons. The van der Waals surface area contributed by atoms with Crippen LogP contribution in [-0.2, 0) is 19.5 Å². The van der Waals surface area contributed by atoms with Crippen LogP contribution in [0.3, 0.4) is 0 Å².